The first-order valence-electron chi connectivity index (χ1n) is 12.2. The number of carbonyl (C=O) groups is 5. The van der Waals surface area contributed by atoms with Crippen LogP contribution in [0.2, 0.25) is 0 Å². The SMILES string of the molecule is CN(CC1(C)CCN(c2cccc3c2C(=O)N(C2CCC(=O)NC2=O)C3=O)CC1)C(=O)CCC(F)(F)F. The molecule has 1 N–H and O–H groups in total. The summed E-state index contributed by atoms with van der Waals surface area (Å²) in [5.74, 6) is -2.82. The lowest BCUT2D eigenvalue weighted by molar-refractivity contribution is -0.149. The first-order chi connectivity index (χ1) is 17.3. The van der Waals surface area contributed by atoms with Gasteiger partial charge in [-0.2, -0.15) is 13.2 Å². The van der Waals surface area contributed by atoms with Gasteiger partial charge < -0.3 is 9.80 Å². The van der Waals surface area contributed by atoms with Gasteiger partial charge in [-0.1, -0.05) is 13.0 Å². The van der Waals surface area contributed by atoms with Gasteiger partial charge in [-0.05, 0) is 36.8 Å². The number of hydrogen-bond acceptors (Lipinski definition) is 6. The molecule has 12 heteroatoms. The molecule has 1 atom stereocenters. The molecule has 2 fully saturated rings. The summed E-state index contributed by atoms with van der Waals surface area (Å²) >= 11 is 0. The van der Waals surface area contributed by atoms with E-state index in [1.807, 2.05) is 11.8 Å². The number of halogens is 3. The highest BCUT2D eigenvalue weighted by molar-refractivity contribution is 6.25. The highest BCUT2D eigenvalue weighted by Crippen LogP contribution is 2.38. The van der Waals surface area contributed by atoms with Gasteiger partial charge in [0, 0.05) is 39.5 Å². The largest absolute Gasteiger partial charge is 0.389 e. The number of rotatable bonds is 6. The predicted octanol–water partition coefficient (Wildman–Crippen LogP) is 2.50. The van der Waals surface area contributed by atoms with Gasteiger partial charge in [0.05, 0.1) is 23.2 Å². The lowest BCUT2D eigenvalue weighted by Gasteiger charge is -2.42. The van der Waals surface area contributed by atoms with Gasteiger partial charge in [-0.25, -0.2) is 0 Å². The number of alkyl halides is 3. The first-order valence-corrected chi connectivity index (χ1v) is 12.2. The summed E-state index contributed by atoms with van der Waals surface area (Å²) in [4.78, 5) is 66.8. The van der Waals surface area contributed by atoms with Crippen molar-refractivity contribution in [3.05, 3.63) is 29.3 Å². The van der Waals surface area contributed by atoms with Crippen LogP contribution in [0, 0.1) is 5.41 Å². The third-order valence-corrected chi connectivity index (χ3v) is 7.42. The Morgan fingerprint density at radius 1 is 1.14 bits per heavy atom. The van der Waals surface area contributed by atoms with Gasteiger partial charge in [0.2, 0.25) is 17.7 Å². The molecular formula is C25H29F3N4O5. The summed E-state index contributed by atoms with van der Waals surface area (Å²) in [6, 6.07) is 3.91. The summed E-state index contributed by atoms with van der Waals surface area (Å²) < 4.78 is 37.4. The van der Waals surface area contributed by atoms with Gasteiger partial charge in [0.25, 0.3) is 11.8 Å². The molecule has 9 nitrogen and oxygen atoms in total. The molecule has 2 saturated heterocycles. The maximum Gasteiger partial charge on any atom is 0.389 e. The monoisotopic (exact) mass is 522 g/mol. The number of nitrogens with one attached hydrogen (secondary N) is 1. The van der Waals surface area contributed by atoms with E-state index in [1.54, 1.807) is 18.2 Å². The fourth-order valence-electron chi connectivity index (χ4n) is 5.31. The Morgan fingerprint density at radius 3 is 2.43 bits per heavy atom. The molecule has 3 aliphatic rings. The van der Waals surface area contributed by atoms with Crippen LogP contribution in [-0.2, 0) is 14.4 Å². The molecule has 0 spiro atoms. The summed E-state index contributed by atoms with van der Waals surface area (Å²) in [6.07, 6.45) is -4.77. The Kier molecular flexibility index (Phi) is 7.04. The lowest BCUT2D eigenvalue weighted by Crippen LogP contribution is -2.54. The van der Waals surface area contributed by atoms with E-state index in [4.69, 9.17) is 0 Å². The summed E-state index contributed by atoms with van der Waals surface area (Å²) in [5.41, 5.74) is 0.674. The van der Waals surface area contributed by atoms with Crippen LogP contribution < -0.4 is 10.2 Å². The molecule has 0 aliphatic carbocycles. The van der Waals surface area contributed by atoms with E-state index in [2.05, 4.69) is 5.32 Å². The molecule has 5 amide bonds. The fourth-order valence-corrected chi connectivity index (χ4v) is 5.31. The van der Waals surface area contributed by atoms with E-state index in [0.29, 0.717) is 38.2 Å². The highest BCUT2D eigenvalue weighted by atomic mass is 19.4. The zero-order valence-corrected chi connectivity index (χ0v) is 20.7. The zero-order valence-electron chi connectivity index (χ0n) is 20.7. The summed E-state index contributed by atoms with van der Waals surface area (Å²) in [5, 5.41) is 2.18. The smallest absolute Gasteiger partial charge is 0.371 e. The van der Waals surface area contributed by atoms with Crippen LogP contribution in [0.25, 0.3) is 0 Å². The Hall–Kier alpha value is -3.44. The third-order valence-electron chi connectivity index (χ3n) is 7.42. The molecule has 1 unspecified atom stereocenters. The fraction of sp³-hybridized carbons (Fsp3) is 0.560. The van der Waals surface area contributed by atoms with E-state index in [0.717, 1.165) is 4.90 Å². The molecule has 0 saturated carbocycles. The van der Waals surface area contributed by atoms with Crippen molar-refractivity contribution in [1.82, 2.24) is 15.1 Å². The number of piperidine rings is 2. The lowest BCUT2D eigenvalue weighted by atomic mass is 9.79. The maximum atomic E-state index is 13.4. The Morgan fingerprint density at radius 2 is 1.81 bits per heavy atom. The highest BCUT2D eigenvalue weighted by Gasteiger charge is 2.46. The molecule has 3 heterocycles. The van der Waals surface area contributed by atoms with Crippen LogP contribution in [-0.4, -0.2) is 78.2 Å². The van der Waals surface area contributed by atoms with Crippen LogP contribution in [0.5, 0.6) is 0 Å². The van der Waals surface area contributed by atoms with Gasteiger partial charge in [-0.3, -0.25) is 34.2 Å². The Labute approximate surface area is 211 Å². The number of anilines is 1. The van der Waals surface area contributed by atoms with Crippen LogP contribution in [0.1, 0.15) is 66.2 Å². The van der Waals surface area contributed by atoms with Crippen LogP contribution in [0.15, 0.2) is 18.2 Å². The molecule has 1 aromatic carbocycles. The average Bonchev–Trinajstić information content (AvgIpc) is 3.07. The van der Waals surface area contributed by atoms with Crippen molar-refractivity contribution in [2.75, 3.05) is 31.6 Å². The summed E-state index contributed by atoms with van der Waals surface area (Å²) in [6.45, 7) is 3.31. The van der Waals surface area contributed by atoms with E-state index < -0.39 is 54.6 Å². The van der Waals surface area contributed by atoms with Crippen LogP contribution >= 0.6 is 0 Å². The molecule has 4 rings (SSSR count). The van der Waals surface area contributed by atoms with Gasteiger partial charge >= 0.3 is 6.18 Å². The van der Waals surface area contributed by atoms with Crippen LogP contribution in [0.3, 0.4) is 0 Å². The Bertz CT molecular complexity index is 1140. The normalized spacial score (nSPS) is 21.7. The minimum atomic E-state index is -4.38. The minimum Gasteiger partial charge on any atom is -0.371 e. The molecule has 0 aromatic heterocycles. The zero-order chi connectivity index (χ0) is 27.1. The second-order valence-corrected chi connectivity index (χ2v) is 10.3. The van der Waals surface area contributed by atoms with Gasteiger partial charge in [0.15, 0.2) is 0 Å². The number of benzene rings is 1. The van der Waals surface area contributed by atoms with Gasteiger partial charge in [-0.15, -0.1) is 0 Å². The topological polar surface area (TPSA) is 107 Å². The van der Waals surface area contributed by atoms with Gasteiger partial charge in [0.1, 0.15) is 6.04 Å². The number of hydrogen-bond donors (Lipinski definition) is 1. The number of carbonyl (C=O) groups excluding carboxylic acids is 5. The van der Waals surface area contributed by atoms with E-state index in [1.165, 1.54) is 11.9 Å². The van der Waals surface area contributed by atoms with Crippen molar-refractivity contribution >= 4 is 35.2 Å². The van der Waals surface area contributed by atoms with E-state index in [9.17, 15) is 37.1 Å². The van der Waals surface area contributed by atoms with Crippen LogP contribution in [0.4, 0.5) is 18.9 Å². The molecule has 200 valence electrons. The number of amides is 5. The molecular weight excluding hydrogens is 493 g/mol. The predicted molar refractivity (Wildman–Crippen MR) is 126 cm³/mol. The number of fused-ring (bicyclic) bond motifs is 1. The summed E-state index contributed by atoms with van der Waals surface area (Å²) in [7, 11) is 1.51. The number of imide groups is 2. The van der Waals surface area contributed by atoms with E-state index >= 15 is 0 Å². The Balaban J connectivity index is 1.44. The molecule has 0 radical (unpaired) electrons. The van der Waals surface area contributed by atoms with Crippen molar-refractivity contribution in [2.24, 2.45) is 5.41 Å². The van der Waals surface area contributed by atoms with Crippen molar-refractivity contribution in [2.45, 2.75) is 57.7 Å². The molecule has 3 aliphatic heterocycles. The maximum absolute atomic E-state index is 13.4. The van der Waals surface area contributed by atoms with E-state index in [-0.39, 0.29) is 29.4 Å². The first kappa shape index (κ1) is 26.6. The van der Waals surface area contributed by atoms with Crippen molar-refractivity contribution < 1.29 is 37.1 Å². The second-order valence-electron chi connectivity index (χ2n) is 10.3. The molecule has 0 bridgehead atoms. The minimum absolute atomic E-state index is 0.0362. The quantitative estimate of drug-likeness (QED) is 0.576. The standard InChI is InChI=1S/C25H29F3N4O5/c1-24(14-30(2)19(34)8-9-25(26,27)28)10-12-31(13-11-24)16-5-3-4-15-20(16)23(37)32(22(15)36)17-6-7-18(33)29-21(17)35/h3-5,17H,6-14H2,1-2H3,(H,29,33,35). The van der Waals surface area contributed by atoms with Crippen molar-refractivity contribution in [3.63, 3.8) is 0 Å². The third kappa shape index (κ3) is 5.47. The molecule has 1 aromatic rings. The number of nitrogens with zero attached hydrogens (tertiary/aromatic N) is 3. The average molecular weight is 523 g/mol. The van der Waals surface area contributed by atoms with Crippen molar-refractivity contribution in [1.29, 1.82) is 0 Å². The second kappa shape index (κ2) is 9.79. The van der Waals surface area contributed by atoms with Crippen molar-refractivity contribution in [3.8, 4) is 0 Å². The molecule has 37 heavy (non-hydrogen) atoms.